The van der Waals surface area contributed by atoms with Gasteiger partial charge in [0.15, 0.2) is 0 Å². The molecule has 31 heavy (non-hydrogen) atoms. The molecular formula is C23H14Cl2N2O3S. The number of hydrazone groups is 1. The number of esters is 1. The van der Waals surface area contributed by atoms with E-state index in [2.05, 4.69) is 10.5 Å². The van der Waals surface area contributed by atoms with Crippen molar-refractivity contribution >= 4 is 62.7 Å². The minimum Gasteiger partial charge on any atom is -0.422 e. The standard InChI is InChI=1S/C23H14Cl2N2O3S/c24-16-11-9-14(10-12-16)22(28)27-26-13-15-5-1-3-7-18(15)30-23(29)21-20(25)17-6-2-4-8-19(17)31-21/h1-13H,(H,27,28)/b26-13-. The number of halogens is 2. The van der Waals surface area contributed by atoms with Crippen LogP contribution in [0.1, 0.15) is 25.6 Å². The Labute approximate surface area is 191 Å². The molecule has 0 aliphatic heterocycles. The van der Waals surface area contributed by atoms with Crippen LogP contribution in [0.4, 0.5) is 0 Å². The van der Waals surface area contributed by atoms with Crippen molar-refractivity contribution in [3.05, 3.63) is 98.8 Å². The van der Waals surface area contributed by atoms with Crippen LogP contribution in [0.15, 0.2) is 77.9 Å². The number of carbonyl (C=O) groups is 2. The quantitative estimate of drug-likeness (QED) is 0.164. The first-order chi connectivity index (χ1) is 15.0. The van der Waals surface area contributed by atoms with Gasteiger partial charge in [-0.15, -0.1) is 11.3 Å². The fraction of sp³-hybridized carbons (Fsp3) is 0. The molecule has 1 heterocycles. The highest BCUT2D eigenvalue weighted by molar-refractivity contribution is 7.21. The minimum absolute atomic E-state index is 0.297. The number of para-hydroxylation sites is 1. The summed E-state index contributed by atoms with van der Waals surface area (Å²) in [5.41, 5.74) is 3.37. The zero-order valence-corrected chi connectivity index (χ0v) is 18.2. The summed E-state index contributed by atoms with van der Waals surface area (Å²) in [5, 5.41) is 5.67. The molecule has 3 aromatic carbocycles. The van der Waals surface area contributed by atoms with Gasteiger partial charge in [-0.1, -0.05) is 53.5 Å². The molecule has 0 atom stereocenters. The lowest BCUT2D eigenvalue weighted by atomic mass is 10.2. The van der Waals surface area contributed by atoms with Gasteiger partial charge in [-0.2, -0.15) is 5.10 Å². The largest absolute Gasteiger partial charge is 0.422 e. The van der Waals surface area contributed by atoms with Crippen LogP contribution in [-0.4, -0.2) is 18.1 Å². The molecule has 0 radical (unpaired) electrons. The van der Waals surface area contributed by atoms with Gasteiger partial charge in [0.05, 0.1) is 11.2 Å². The van der Waals surface area contributed by atoms with Gasteiger partial charge in [0.25, 0.3) is 5.91 Å². The van der Waals surface area contributed by atoms with Crippen molar-refractivity contribution in [2.45, 2.75) is 0 Å². The van der Waals surface area contributed by atoms with E-state index < -0.39 is 5.97 Å². The molecule has 0 aliphatic rings. The highest BCUT2D eigenvalue weighted by Crippen LogP contribution is 2.36. The molecule has 4 rings (SSSR count). The van der Waals surface area contributed by atoms with Crippen molar-refractivity contribution in [1.82, 2.24) is 5.43 Å². The average molecular weight is 469 g/mol. The molecular weight excluding hydrogens is 455 g/mol. The summed E-state index contributed by atoms with van der Waals surface area (Å²) in [4.78, 5) is 25.2. The fourth-order valence-electron chi connectivity index (χ4n) is 2.80. The van der Waals surface area contributed by atoms with Crippen LogP contribution in [0.2, 0.25) is 10.0 Å². The van der Waals surface area contributed by atoms with Gasteiger partial charge in [0, 0.05) is 26.2 Å². The third-order valence-corrected chi connectivity index (χ3v) is 6.23. The summed E-state index contributed by atoms with van der Waals surface area (Å²) in [7, 11) is 0. The van der Waals surface area contributed by atoms with Crippen LogP contribution in [0.3, 0.4) is 0 Å². The zero-order chi connectivity index (χ0) is 21.8. The highest BCUT2D eigenvalue weighted by Gasteiger charge is 2.19. The number of thiophene rings is 1. The predicted octanol–water partition coefficient (Wildman–Crippen LogP) is 6.19. The molecule has 8 heteroatoms. The summed E-state index contributed by atoms with van der Waals surface area (Å²) >= 11 is 13.5. The second-order valence-corrected chi connectivity index (χ2v) is 8.24. The lowest BCUT2D eigenvalue weighted by Gasteiger charge is -2.06. The van der Waals surface area contributed by atoms with E-state index in [4.69, 9.17) is 27.9 Å². The Kier molecular flexibility index (Phi) is 6.32. The lowest BCUT2D eigenvalue weighted by Crippen LogP contribution is -2.17. The van der Waals surface area contributed by atoms with Crippen molar-refractivity contribution in [2.24, 2.45) is 5.10 Å². The molecule has 1 amide bonds. The number of hydrogen-bond donors (Lipinski definition) is 1. The second kappa shape index (κ2) is 9.31. The van der Waals surface area contributed by atoms with Crippen molar-refractivity contribution < 1.29 is 14.3 Å². The Morgan fingerprint density at radius 2 is 1.65 bits per heavy atom. The van der Waals surface area contributed by atoms with E-state index >= 15 is 0 Å². The number of hydrogen-bond acceptors (Lipinski definition) is 5. The Balaban J connectivity index is 1.49. The van der Waals surface area contributed by atoms with Crippen LogP contribution >= 0.6 is 34.5 Å². The number of amides is 1. The maximum atomic E-state index is 12.7. The lowest BCUT2D eigenvalue weighted by molar-refractivity contribution is 0.0739. The Morgan fingerprint density at radius 1 is 0.935 bits per heavy atom. The van der Waals surface area contributed by atoms with Crippen molar-refractivity contribution in [3.63, 3.8) is 0 Å². The van der Waals surface area contributed by atoms with Gasteiger partial charge >= 0.3 is 5.97 Å². The zero-order valence-electron chi connectivity index (χ0n) is 15.8. The van der Waals surface area contributed by atoms with Gasteiger partial charge in [-0.25, -0.2) is 10.2 Å². The van der Waals surface area contributed by atoms with E-state index in [-0.39, 0.29) is 5.91 Å². The summed E-state index contributed by atoms with van der Waals surface area (Å²) in [6, 6.07) is 20.8. The summed E-state index contributed by atoms with van der Waals surface area (Å²) in [6.07, 6.45) is 1.41. The molecule has 0 bridgehead atoms. The topological polar surface area (TPSA) is 67.8 Å². The molecule has 0 aliphatic carbocycles. The molecule has 5 nitrogen and oxygen atoms in total. The first-order valence-corrected chi connectivity index (χ1v) is 10.7. The van der Waals surface area contributed by atoms with Crippen molar-refractivity contribution in [1.29, 1.82) is 0 Å². The molecule has 1 aromatic heterocycles. The molecule has 0 spiro atoms. The predicted molar refractivity (Wildman–Crippen MR) is 125 cm³/mol. The Hall–Kier alpha value is -3.19. The fourth-order valence-corrected chi connectivity index (χ4v) is 4.31. The van der Waals surface area contributed by atoms with E-state index in [0.29, 0.717) is 31.8 Å². The molecule has 1 N–H and O–H groups in total. The molecule has 0 unspecified atom stereocenters. The molecule has 4 aromatic rings. The molecule has 0 saturated heterocycles. The van der Waals surface area contributed by atoms with Crippen LogP contribution < -0.4 is 10.2 Å². The van der Waals surface area contributed by atoms with Crippen molar-refractivity contribution in [2.75, 3.05) is 0 Å². The van der Waals surface area contributed by atoms with Crippen molar-refractivity contribution in [3.8, 4) is 5.75 Å². The number of benzene rings is 3. The number of ether oxygens (including phenoxy) is 1. The van der Waals surface area contributed by atoms with Crippen LogP contribution in [0.5, 0.6) is 5.75 Å². The molecule has 0 fully saturated rings. The van der Waals surface area contributed by atoms with Gasteiger partial charge in [-0.05, 0) is 42.5 Å². The van der Waals surface area contributed by atoms with E-state index in [1.54, 1.807) is 48.5 Å². The van der Waals surface area contributed by atoms with Crippen LogP contribution in [0.25, 0.3) is 10.1 Å². The number of fused-ring (bicyclic) bond motifs is 1. The SMILES string of the molecule is O=C(N/N=C\c1ccccc1OC(=O)c1sc2ccccc2c1Cl)c1ccc(Cl)cc1. The Bertz CT molecular complexity index is 1300. The van der Waals surface area contributed by atoms with E-state index in [9.17, 15) is 9.59 Å². The third kappa shape index (κ3) is 4.77. The Morgan fingerprint density at radius 3 is 2.42 bits per heavy atom. The van der Waals surface area contributed by atoms with E-state index in [0.717, 1.165) is 10.1 Å². The maximum absolute atomic E-state index is 12.7. The van der Waals surface area contributed by atoms with Gasteiger partial charge in [-0.3, -0.25) is 4.79 Å². The number of rotatable bonds is 5. The molecule has 0 saturated carbocycles. The first-order valence-electron chi connectivity index (χ1n) is 9.10. The number of carbonyl (C=O) groups excluding carboxylic acids is 2. The minimum atomic E-state index is -0.558. The monoisotopic (exact) mass is 468 g/mol. The van der Waals surface area contributed by atoms with E-state index in [1.807, 2.05) is 24.3 Å². The first kappa shape index (κ1) is 21.1. The summed E-state index contributed by atoms with van der Waals surface area (Å²) < 4.78 is 6.47. The van der Waals surface area contributed by atoms with Gasteiger partial charge in [0.2, 0.25) is 0 Å². The molecule has 154 valence electrons. The average Bonchev–Trinajstić information content (AvgIpc) is 3.12. The van der Waals surface area contributed by atoms with Crippen LogP contribution in [0, 0.1) is 0 Å². The highest BCUT2D eigenvalue weighted by atomic mass is 35.5. The smallest absolute Gasteiger partial charge is 0.355 e. The maximum Gasteiger partial charge on any atom is 0.355 e. The number of nitrogens with zero attached hydrogens (tertiary/aromatic N) is 1. The second-order valence-electron chi connectivity index (χ2n) is 6.37. The third-order valence-electron chi connectivity index (χ3n) is 4.32. The van der Waals surface area contributed by atoms with Gasteiger partial charge < -0.3 is 4.74 Å². The number of nitrogens with one attached hydrogen (secondary N) is 1. The van der Waals surface area contributed by atoms with E-state index in [1.165, 1.54) is 17.6 Å². The normalized spacial score (nSPS) is 11.0. The van der Waals surface area contributed by atoms with Crippen LogP contribution in [-0.2, 0) is 0 Å². The summed E-state index contributed by atoms with van der Waals surface area (Å²) in [5.74, 6) is -0.651. The summed E-state index contributed by atoms with van der Waals surface area (Å²) in [6.45, 7) is 0. The van der Waals surface area contributed by atoms with Gasteiger partial charge in [0.1, 0.15) is 10.6 Å².